The van der Waals surface area contributed by atoms with E-state index >= 15 is 0 Å². The first-order valence-electron chi connectivity index (χ1n) is 4.45. The van der Waals surface area contributed by atoms with Crippen LogP contribution in [-0.2, 0) is 6.54 Å². The first-order chi connectivity index (χ1) is 6.24. The quantitative estimate of drug-likeness (QED) is 0.761. The summed E-state index contributed by atoms with van der Waals surface area (Å²) in [7, 11) is 0. The average Bonchev–Trinajstić information content (AvgIpc) is 2.15. The zero-order valence-corrected chi connectivity index (χ0v) is 8.04. The van der Waals surface area contributed by atoms with Gasteiger partial charge in [-0.3, -0.25) is 0 Å². The van der Waals surface area contributed by atoms with Crippen LogP contribution in [-0.4, -0.2) is 6.04 Å². The monoisotopic (exact) mass is 174 g/mol. The van der Waals surface area contributed by atoms with Crippen LogP contribution in [0.3, 0.4) is 0 Å². The molecule has 0 spiro atoms. The molecule has 1 aromatic carbocycles. The third-order valence-electron chi connectivity index (χ3n) is 1.84. The highest BCUT2D eigenvalue weighted by Gasteiger charge is 2.00. The topological polar surface area (TPSA) is 35.8 Å². The van der Waals surface area contributed by atoms with E-state index in [1.54, 1.807) is 0 Å². The molecule has 0 aliphatic carbocycles. The summed E-state index contributed by atoms with van der Waals surface area (Å²) in [5.41, 5.74) is 1.83. The molecule has 1 aromatic rings. The number of rotatable bonds is 3. The van der Waals surface area contributed by atoms with Crippen LogP contribution in [0.2, 0.25) is 0 Å². The van der Waals surface area contributed by atoms with Gasteiger partial charge in [-0.15, -0.1) is 0 Å². The molecule has 0 atom stereocenters. The first kappa shape index (κ1) is 9.76. The molecule has 0 fully saturated rings. The number of nitriles is 1. The Labute approximate surface area is 79.2 Å². The van der Waals surface area contributed by atoms with Crippen LogP contribution in [0.25, 0.3) is 0 Å². The van der Waals surface area contributed by atoms with Crippen molar-refractivity contribution in [2.24, 2.45) is 0 Å². The number of hydrogen-bond donors (Lipinski definition) is 1. The van der Waals surface area contributed by atoms with Gasteiger partial charge in [0.1, 0.15) is 0 Å². The van der Waals surface area contributed by atoms with E-state index in [1.807, 2.05) is 24.3 Å². The molecule has 0 heterocycles. The smallest absolute Gasteiger partial charge is 0.0995 e. The normalized spacial score (nSPS) is 10.0. The fourth-order valence-electron chi connectivity index (χ4n) is 1.10. The third-order valence-corrected chi connectivity index (χ3v) is 1.84. The van der Waals surface area contributed by atoms with Gasteiger partial charge in [0.2, 0.25) is 0 Å². The maximum Gasteiger partial charge on any atom is 0.0995 e. The zero-order chi connectivity index (χ0) is 9.68. The molecule has 0 radical (unpaired) electrons. The van der Waals surface area contributed by atoms with Crippen molar-refractivity contribution in [3.05, 3.63) is 35.4 Å². The molecule has 1 N–H and O–H groups in total. The van der Waals surface area contributed by atoms with E-state index in [1.165, 1.54) is 0 Å². The standard InChI is InChI=1S/C11H14N2/c1-9(2)13-8-11-6-4-3-5-10(11)7-12/h3-6,9,13H,8H2,1-2H3. The number of hydrogen-bond acceptors (Lipinski definition) is 2. The Balaban J connectivity index is 2.71. The van der Waals surface area contributed by atoms with Gasteiger partial charge in [0, 0.05) is 12.6 Å². The summed E-state index contributed by atoms with van der Waals surface area (Å²) in [6.07, 6.45) is 0. The van der Waals surface area contributed by atoms with Gasteiger partial charge in [-0.1, -0.05) is 32.0 Å². The molecule has 0 amide bonds. The van der Waals surface area contributed by atoms with E-state index in [4.69, 9.17) is 5.26 Å². The van der Waals surface area contributed by atoms with E-state index in [0.717, 1.165) is 17.7 Å². The average molecular weight is 174 g/mol. The lowest BCUT2D eigenvalue weighted by Crippen LogP contribution is -2.22. The number of benzene rings is 1. The molecule has 0 saturated heterocycles. The molecule has 0 aliphatic rings. The highest BCUT2D eigenvalue weighted by molar-refractivity contribution is 5.37. The summed E-state index contributed by atoms with van der Waals surface area (Å²) in [5, 5.41) is 12.1. The van der Waals surface area contributed by atoms with Crippen LogP contribution in [0.4, 0.5) is 0 Å². The van der Waals surface area contributed by atoms with Gasteiger partial charge >= 0.3 is 0 Å². The van der Waals surface area contributed by atoms with Crippen LogP contribution >= 0.6 is 0 Å². The van der Waals surface area contributed by atoms with Crippen molar-refractivity contribution in [2.75, 3.05) is 0 Å². The predicted octanol–water partition coefficient (Wildman–Crippen LogP) is 2.06. The van der Waals surface area contributed by atoms with Crippen molar-refractivity contribution in [1.82, 2.24) is 5.32 Å². The predicted molar refractivity (Wildman–Crippen MR) is 53.1 cm³/mol. The molecule has 2 heteroatoms. The lowest BCUT2D eigenvalue weighted by molar-refractivity contribution is 0.588. The highest BCUT2D eigenvalue weighted by atomic mass is 14.9. The second-order valence-corrected chi connectivity index (χ2v) is 3.30. The zero-order valence-electron chi connectivity index (χ0n) is 8.04. The highest BCUT2D eigenvalue weighted by Crippen LogP contribution is 2.06. The van der Waals surface area contributed by atoms with Crippen molar-refractivity contribution in [3.63, 3.8) is 0 Å². The van der Waals surface area contributed by atoms with Crippen LogP contribution < -0.4 is 5.32 Å². The lowest BCUT2D eigenvalue weighted by atomic mass is 10.1. The molecule has 0 unspecified atom stereocenters. The van der Waals surface area contributed by atoms with E-state index in [2.05, 4.69) is 25.2 Å². The van der Waals surface area contributed by atoms with Gasteiger partial charge in [-0.2, -0.15) is 5.26 Å². The fourth-order valence-corrected chi connectivity index (χ4v) is 1.10. The lowest BCUT2D eigenvalue weighted by Gasteiger charge is -2.08. The van der Waals surface area contributed by atoms with Crippen molar-refractivity contribution in [2.45, 2.75) is 26.4 Å². The summed E-state index contributed by atoms with van der Waals surface area (Å²) in [4.78, 5) is 0. The number of nitrogens with zero attached hydrogens (tertiary/aromatic N) is 1. The Morgan fingerprint density at radius 2 is 2.08 bits per heavy atom. The maximum absolute atomic E-state index is 8.81. The number of nitrogens with one attached hydrogen (secondary N) is 1. The first-order valence-corrected chi connectivity index (χ1v) is 4.45. The van der Waals surface area contributed by atoms with Crippen LogP contribution in [0.1, 0.15) is 25.0 Å². The van der Waals surface area contributed by atoms with E-state index in [0.29, 0.717) is 6.04 Å². The van der Waals surface area contributed by atoms with Gasteiger partial charge < -0.3 is 5.32 Å². The Bertz CT molecular complexity index is 310. The Kier molecular flexibility index (Phi) is 3.48. The van der Waals surface area contributed by atoms with Crippen molar-refractivity contribution < 1.29 is 0 Å². The van der Waals surface area contributed by atoms with Crippen molar-refractivity contribution in [3.8, 4) is 6.07 Å². The molecular formula is C11H14N2. The molecule has 0 bridgehead atoms. The SMILES string of the molecule is CC(C)NCc1ccccc1C#N. The minimum absolute atomic E-state index is 0.451. The van der Waals surface area contributed by atoms with E-state index in [-0.39, 0.29) is 0 Å². The third kappa shape index (κ3) is 2.89. The largest absolute Gasteiger partial charge is 0.310 e. The summed E-state index contributed by atoms with van der Waals surface area (Å²) in [6.45, 7) is 4.95. The summed E-state index contributed by atoms with van der Waals surface area (Å²) in [6, 6.07) is 10.3. The van der Waals surface area contributed by atoms with Gasteiger partial charge in [0.15, 0.2) is 0 Å². The maximum atomic E-state index is 8.81. The van der Waals surface area contributed by atoms with Crippen molar-refractivity contribution in [1.29, 1.82) is 5.26 Å². The van der Waals surface area contributed by atoms with Crippen LogP contribution in [0.15, 0.2) is 24.3 Å². The molecule has 0 saturated carbocycles. The molecule has 0 aromatic heterocycles. The second kappa shape index (κ2) is 4.64. The van der Waals surface area contributed by atoms with Gasteiger partial charge in [-0.25, -0.2) is 0 Å². The Hall–Kier alpha value is -1.33. The molecule has 68 valence electrons. The molecule has 2 nitrogen and oxygen atoms in total. The Morgan fingerprint density at radius 3 is 2.69 bits per heavy atom. The molecule has 1 rings (SSSR count). The van der Waals surface area contributed by atoms with Gasteiger partial charge in [-0.05, 0) is 11.6 Å². The molecule has 0 aliphatic heterocycles. The Morgan fingerprint density at radius 1 is 1.38 bits per heavy atom. The summed E-state index contributed by atoms with van der Waals surface area (Å²) < 4.78 is 0. The molecular weight excluding hydrogens is 160 g/mol. The van der Waals surface area contributed by atoms with Gasteiger partial charge in [0.05, 0.1) is 11.6 Å². The minimum atomic E-state index is 0.451. The van der Waals surface area contributed by atoms with Crippen LogP contribution in [0, 0.1) is 11.3 Å². The van der Waals surface area contributed by atoms with E-state index in [9.17, 15) is 0 Å². The van der Waals surface area contributed by atoms with E-state index < -0.39 is 0 Å². The van der Waals surface area contributed by atoms with Crippen molar-refractivity contribution >= 4 is 0 Å². The summed E-state index contributed by atoms with van der Waals surface area (Å²) in [5.74, 6) is 0. The van der Waals surface area contributed by atoms with Gasteiger partial charge in [0.25, 0.3) is 0 Å². The minimum Gasteiger partial charge on any atom is -0.310 e. The second-order valence-electron chi connectivity index (χ2n) is 3.30. The van der Waals surface area contributed by atoms with Crippen LogP contribution in [0.5, 0.6) is 0 Å². The molecule has 13 heavy (non-hydrogen) atoms. The summed E-state index contributed by atoms with van der Waals surface area (Å²) >= 11 is 0. The fraction of sp³-hybridized carbons (Fsp3) is 0.364.